The van der Waals surface area contributed by atoms with E-state index in [9.17, 15) is 9.59 Å². The summed E-state index contributed by atoms with van der Waals surface area (Å²) in [7, 11) is 0. The molecule has 0 fully saturated rings. The van der Waals surface area contributed by atoms with E-state index in [0.29, 0.717) is 5.41 Å². The summed E-state index contributed by atoms with van der Waals surface area (Å²) in [6.07, 6.45) is 0. The van der Waals surface area contributed by atoms with E-state index < -0.39 is 11.5 Å². The zero-order valence-corrected chi connectivity index (χ0v) is 9.50. The smallest absolute Gasteiger partial charge is 0.352 e. The van der Waals surface area contributed by atoms with Crippen LogP contribution in [0.1, 0.15) is 38.2 Å². The maximum Gasteiger partial charge on any atom is 0.352 e. The van der Waals surface area contributed by atoms with Crippen LogP contribution in [0.5, 0.6) is 0 Å². The van der Waals surface area contributed by atoms with Gasteiger partial charge in [0.05, 0.1) is 0 Å². The molecule has 0 radical (unpaired) electrons. The van der Waals surface area contributed by atoms with Crippen molar-refractivity contribution in [2.24, 2.45) is 5.41 Å². The highest BCUT2D eigenvalue weighted by molar-refractivity contribution is 5.85. The van der Waals surface area contributed by atoms with Gasteiger partial charge in [0.2, 0.25) is 5.56 Å². The van der Waals surface area contributed by atoms with Crippen LogP contribution in [0, 0.1) is 5.41 Å². The van der Waals surface area contributed by atoms with Crippen molar-refractivity contribution in [2.45, 2.75) is 27.7 Å². The SMILES string of the molecule is CC(C)(C)C.O=C(O)c1cccc(=O)[nH]1. The van der Waals surface area contributed by atoms with Crippen LogP contribution in [0.15, 0.2) is 23.0 Å². The number of H-pyrrole nitrogens is 1. The first-order valence-electron chi connectivity index (χ1n) is 4.63. The molecule has 0 atom stereocenters. The van der Waals surface area contributed by atoms with Crippen LogP contribution in [-0.2, 0) is 0 Å². The predicted octanol–water partition coefficient (Wildman–Crippen LogP) is 2.13. The van der Waals surface area contributed by atoms with Gasteiger partial charge in [0.1, 0.15) is 5.69 Å². The van der Waals surface area contributed by atoms with Crippen LogP contribution >= 0.6 is 0 Å². The second-order valence-corrected chi connectivity index (χ2v) is 4.73. The zero-order valence-electron chi connectivity index (χ0n) is 9.50. The number of hydrogen-bond acceptors (Lipinski definition) is 2. The molecular weight excluding hydrogens is 194 g/mol. The van der Waals surface area contributed by atoms with Crippen LogP contribution < -0.4 is 5.56 Å². The maximum atomic E-state index is 10.5. The molecule has 1 rings (SSSR count). The Hall–Kier alpha value is -1.58. The van der Waals surface area contributed by atoms with Gasteiger partial charge in [-0.2, -0.15) is 0 Å². The maximum absolute atomic E-state index is 10.5. The fraction of sp³-hybridized carbons (Fsp3) is 0.455. The van der Waals surface area contributed by atoms with E-state index in [1.165, 1.54) is 18.2 Å². The van der Waals surface area contributed by atoms with E-state index in [1.54, 1.807) is 0 Å². The highest BCUT2D eigenvalue weighted by atomic mass is 16.4. The van der Waals surface area contributed by atoms with Crippen molar-refractivity contribution in [3.05, 3.63) is 34.2 Å². The van der Waals surface area contributed by atoms with E-state index in [2.05, 4.69) is 32.7 Å². The zero-order chi connectivity index (χ0) is 12.1. The second-order valence-electron chi connectivity index (χ2n) is 4.73. The minimum Gasteiger partial charge on any atom is -0.477 e. The van der Waals surface area contributed by atoms with Crippen molar-refractivity contribution in [3.63, 3.8) is 0 Å². The molecule has 0 saturated carbocycles. The lowest BCUT2D eigenvalue weighted by molar-refractivity contribution is 0.0690. The summed E-state index contributed by atoms with van der Waals surface area (Å²) in [5.74, 6) is -1.13. The lowest BCUT2D eigenvalue weighted by atomic mass is 10.0. The summed E-state index contributed by atoms with van der Waals surface area (Å²) in [6.45, 7) is 8.75. The van der Waals surface area contributed by atoms with Gasteiger partial charge >= 0.3 is 5.97 Å². The molecule has 0 saturated heterocycles. The molecule has 0 bridgehead atoms. The molecule has 0 amide bonds. The Morgan fingerprint density at radius 1 is 1.27 bits per heavy atom. The summed E-state index contributed by atoms with van der Waals surface area (Å²) in [5, 5.41) is 8.34. The lowest BCUT2D eigenvalue weighted by Gasteiger charge is -2.05. The summed E-state index contributed by atoms with van der Waals surface area (Å²) in [6, 6.07) is 3.97. The highest BCUT2D eigenvalue weighted by Gasteiger charge is 1.99. The molecule has 0 aliphatic heterocycles. The number of aromatic carboxylic acids is 1. The van der Waals surface area contributed by atoms with Gasteiger partial charge in [-0.3, -0.25) is 4.79 Å². The third-order valence-electron chi connectivity index (χ3n) is 0.999. The van der Waals surface area contributed by atoms with Crippen molar-refractivity contribution in [3.8, 4) is 0 Å². The standard InChI is InChI=1S/C6H5NO3.C5H12/c8-5-3-1-2-4(7-5)6(9)10;1-5(2,3)4/h1-3H,(H,7,8)(H,9,10);1-4H3. The number of carbonyl (C=O) groups is 1. The Balaban J connectivity index is 0.000000336. The van der Waals surface area contributed by atoms with Crippen LogP contribution in [0.3, 0.4) is 0 Å². The molecule has 0 spiro atoms. The van der Waals surface area contributed by atoms with Crippen LogP contribution in [0.2, 0.25) is 0 Å². The van der Waals surface area contributed by atoms with Crippen molar-refractivity contribution >= 4 is 5.97 Å². The van der Waals surface area contributed by atoms with E-state index in [4.69, 9.17) is 5.11 Å². The Labute approximate surface area is 89.0 Å². The fourth-order valence-corrected chi connectivity index (χ4v) is 0.573. The largest absolute Gasteiger partial charge is 0.477 e. The minimum atomic E-state index is -1.13. The highest BCUT2D eigenvalue weighted by Crippen LogP contribution is 2.08. The molecule has 84 valence electrons. The molecule has 0 aliphatic rings. The number of carboxylic acid groups (broad SMARTS) is 1. The van der Waals surface area contributed by atoms with Gasteiger partial charge in [-0.25, -0.2) is 4.79 Å². The quantitative estimate of drug-likeness (QED) is 0.747. The number of aromatic amines is 1. The number of aromatic nitrogens is 1. The molecule has 4 heteroatoms. The number of rotatable bonds is 1. The fourth-order valence-electron chi connectivity index (χ4n) is 0.573. The van der Waals surface area contributed by atoms with E-state index in [0.717, 1.165) is 0 Å². The molecule has 0 unspecified atom stereocenters. The van der Waals surface area contributed by atoms with Crippen molar-refractivity contribution in [1.82, 2.24) is 4.98 Å². The average Bonchev–Trinajstić information content (AvgIpc) is 2.00. The normalized spacial score (nSPS) is 10.1. The second kappa shape index (κ2) is 5.34. The molecular formula is C11H17NO3. The molecule has 1 aromatic heterocycles. The van der Waals surface area contributed by atoms with Crippen molar-refractivity contribution in [1.29, 1.82) is 0 Å². The van der Waals surface area contributed by atoms with Gasteiger partial charge < -0.3 is 10.1 Å². The number of pyridine rings is 1. The van der Waals surface area contributed by atoms with Gasteiger partial charge in [0.15, 0.2) is 0 Å². The van der Waals surface area contributed by atoms with Crippen LogP contribution in [0.25, 0.3) is 0 Å². The predicted molar refractivity (Wildman–Crippen MR) is 59.2 cm³/mol. The van der Waals surface area contributed by atoms with Crippen LogP contribution in [-0.4, -0.2) is 16.1 Å². The van der Waals surface area contributed by atoms with Crippen molar-refractivity contribution in [2.75, 3.05) is 0 Å². The summed E-state index contributed by atoms with van der Waals surface area (Å²) in [5.41, 5.74) is 0.00685. The molecule has 1 aromatic rings. The van der Waals surface area contributed by atoms with Crippen molar-refractivity contribution < 1.29 is 9.90 Å². The van der Waals surface area contributed by atoms with E-state index in [1.807, 2.05) is 0 Å². The van der Waals surface area contributed by atoms with Gasteiger partial charge in [0, 0.05) is 6.07 Å². The first-order valence-corrected chi connectivity index (χ1v) is 4.63. The Bertz CT molecular complexity index is 368. The average molecular weight is 211 g/mol. The monoisotopic (exact) mass is 211 g/mol. The summed E-state index contributed by atoms with van der Waals surface area (Å²) < 4.78 is 0. The topological polar surface area (TPSA) is 70.2 Å². The number of nitrogens with one attached hydrogen (secondary N) is 1. The molecule has 2 N–H and O–H groups in total. The first kappa shape index (κ1) is 13.4. The summed E-state index contributed by atoms with van der Waals surface area (Å²) in [4.78, 5) is 22.8. The number of carboxylic acids is 1. The minimum absolute atomic E-state index is 0.0903. The third kappa shape index (κ3) is 8.74. The molecule has 0 aliphatic carbocycles. The van der Waals surface area contributed by atoms with Gasteiger partial charge in [-0.15, -0.1) is 0 Å². The Kier molecular flexibility index (Phi) is 4.78. The third-order valence-corrected chi connectivity index (χ3v) is 0.999. The molecule has 15 heavy (non-hydrogen) atoms. The molecule has 0 aromatic carbocycles. The Morgan fingerprint density at radius 2 is 1.73 bits per heavy atom. The number of hydrogen-bond donors (Lipinski definition) is 2. The molecule has 1 heterocycles. The first-order chi connectivity index (χ1) is 6.70. The molecule has 4 nitrogen and oxygen atoms in total. The van der Waals surface area contributed by atoms with Gasteiger partial charge in [-0.05, 0) is 11.5 Å². The Morgan fingerprint density at radius 3 is 2.00 bits per heavy atom. The van der Waals surface area contributed by atoms with Gasteiger partial charge in [-0.1, -0.05) is 33.8 Å². The van der Waals surface area contributed by atoms with Crippen LogP contribution in [0.4, 0.5) is 0 Å². The van der Waals surface area contributed by atoms with Gasteiger partial charge in [0.25, 0.3) is 0 Å². The summed E-state index contributed by atoms with van der Waals surface area (Å²) >= 11 is 0. The van der Waals surface area contributed by atoms with E-state index >= 15 is 0 Å². The lowest BCUT2D eigenvalue weighted by Crippen LogP contribution is -2.10. The van der Waals surface area contributed by atoms with E-state index in [-0.39, 0.29) is 5.69 Å².